The molecule has 16 aromatic rings. The Bertz CT molecular complexity index is 4770. The second-order valence-electron chi connectivity index (χ2n) is 24.5. The van der Waals surface area contributed by atoms with Crippen molar-refractivity contribution in [1.29, 1.82) is 0 Å². The van der Waals surface area contributed by atoms with Gasteiger partial charge in [0.05, 0.1) is 11.4 Å². The Morgan fingerprint density at radius 1 is 0.216 bits per heavy atom. The van der Waals surface area contributed by atoms with E-state index in [4.69, 9.17) is 0 Å². The second-order valence-corrected chi connectivity index (χ2v) is 24.5. The van der Waals surface area contributed by atoms with Crippen LogP contribution in [0.1, 0.15) is 66.8 Å². The van der Waals surface area contributed by atoms with E-state index in [1.165, 1.54) is 154 Å². The number of nitrogens with zero attached hydrogens (tertiary/aromatic N) is 2. The summed E-state index contributed by atoms with van der Waals surface area (Å²) in [6.07, 6.45) is 4.69. The second kappa shape index (κ2) is 21.0. The molecule has 0 aliphatic heterocycles. The molecule has 0 aromatic heterocycles. The van der Waals surface area contributed by atoms with Gasteiger partial charge in [0.25, 0.3) is 0 Å². The monoisotopic (exact) mass is 1120 g/mol. The van der Waals surface area contributed by atoms with E-state index in [9.17, 15) is 0 Å². The minimum atomic E-state index is 1.10. The zero-order valence-corrected chi connectivity index (χ0v) is 50.5. The molecule has 0 atom stereocenters. The molecule has 0 radical (unpaired) electrons. The molecule has 0 amide bonds. The molecule has 0 saturated heterocycles. The van der Waals surface area contributed by atoms with Gasteiger partial charge in [-0.1, -0.05) is 252 Å². The van der Waals surface area contributed by atoms with E-state index in [1.807, 2.05) is 0 Å². The van der Waals surface area contributed by atoms with Gasteiger partial charge in [0.2, 0.25) is 0 Å². The molecule has 0 spiro atoms. The lowest BCUT2D eigenvalue weighted by Gasteiger charge is -2.33. The first-order valence-corrected chi connectivity index (χ1v) is 30.8. The van der Waals surface area contributed by atoms with Crippen LogP contribution in [0.3, 0.4) is 0 Å². The van der Waals surface area contributed by atoms with Crippen LogP contribution < -0.4 is 9.80 Å². The fourth-order valence-corrected chi connectivity index (χ4v) is 14.1. The van der Waals surface area contributed by atoms with Crippen molar-refractivity contribution in [3.05, 3.63) is 334 Å². The Labute approximate surface area is 514 Å². The van der Waals surface area contributed by atoms with Gasteiger partial charge in [-0.25, -0.2) is 0 Å². The molecule has 0 saturated carbocycles. The summed E-state index contributed by atoms with van der Waals surface area (Å²) in [4.78, 5) is 5.05. The van der Waals surface area contributed by atoms with Crippen molar-refractivity contribution < 1.29 is 0 Å². The molecule has 16 rings (SSSR count). The number of hydrogen-bond donors (Lipinski definition) is 0. The molecule has 0 aliphatic carbocycles. The van der Waals surface area contributed by atoms with Crippen molar-refractivity contribution in [1.82, 2.24) is 0 Å². The van der Waals surface area contributed by atoms with Crippen molar-refractivity contribution in [2.45, 2.75) is 41.5 Å². The fourth-order valence-electron chi connectivity index (χ4n) is 14.1. The van der Waals surface area contributed by atoms with E-state index in [2.05, 4.69) is 330 Å². The highest BCUT2D eigenvalue weighted by atomic mass is 15.2. The van der Waals surface area contributed by atoms with E-state index in [0.29, 0.717) is 0 Å². The predicted molar refractivity (Wildman–Crippen MR) is 380 cm³/mol. The van der Waals surface area contributed by atoms with Crippen LogP contribution in [0.2, 0.25) is 0 Å². The van der Waals surface area contributed by atoms with Crippen LogP contribution in [0.25, 0.3) is 98.7 Å². The lowest BCUT2D eigenvalue weighted by atomic mass is 9.79. The van der Waals surface area contributed by atoms with Crippen molar-refractivity contribution in [2.75, 3.05) is 9.80 Å². The van der Waals surface area contributed by atoms with Gasteiger partial charge in [0.15, 0.2) is 0 Å². The highest BCUT2D eigenvalue weighted by Gasteiger charge is 2.30. The largest absolute Gasteiger partial charge is 0.309 e. The molecule has 0 fully saturated rings. The van der Waals surface area contributed by atoms with E-state index in [-0.39, 0.29) is 0 Å². The Balaban J connectivity index is 0.916. The minimum Gasteiger partial charge on any atom is -0.309 e. The Morgan fingerprint density at radius 3 is 0.659 bits per heavy atom. The molecule has 0 heterocycles. The van der Waals surface area contributed by atoms with Crippen LogP contribution >= 0.6 is 0 Å². The minimum absolute atomic E-state index is 1.10. The number of hydrogen-bond acceptors (Lipinski definition) is 2. The van der Waals surface area contributed by atoms with Crippen LogP contribution in [0.15, 0.2) is 267 Å². The molecular weight excluding hydrogens is 1060 g/mol. The van der Waals surface area contributed by atoms with Gasteiger partial charge in [-0.15, -0.1) is 0 Å². The summed E-state index contributed by atoms with van der Waals surface area (Å²) in [7, 11) is 0. The maximum atomic E-state index is 2.53. The Hall–Kier alpha value is -10.8. The third-order valence-corrected chi connectivity index (χ3v) is 18.5. The summed E-state index contributed by atoms with van der Waals surface area (Å²) in [6.45, 7) is 13.0. The van der Waals surface area contributed by atoms with Gasteiger partial charge >= 0.3 is 0 Å². The normalized spacial score (nSPS) is 11.8. The van der Waals surface area contributed by atoms with Crippen LogP contribution in [-0.2, 0) is 0 Å². The molecule has 16 aromatic carbocycles. The quantitative estimate of drug-likeness (QED) is 0.0683. The van der Waals surface area contributed by atoms with E-state index >= 15 is 0 Å². The highest BCUT2D eigenvalue weighted by molar-refractivity contribution is 6.51. The zero-order valence-electron chi connectivity index (χ0n) is 50.5. The van der Waals surface area contributed by atoms with Gasteiger partial charge in [-0.05, 0) is 168 Å². The smallest absolute Gasteiger partial charge is 0.0619 e. The summed E-state index contributed by atoms with van der Waals surface area (Å²) >= 11 is 0. The average Bonchev–Trinajstić information content (AvgIpc) is 0.671. The summed E-state index contributed by atoms with van der Waals surface area (Å²) in [5.74, 6) is 0. The summed E-state index contributed by atoms with van der Waals surface area (Å²) < 4.78 is 0. The van der Waals surface area contributed by atoms with Crippen LogP contribution in [-0.4, -0.2) is 0 Å². The van der Waals surface area contributed by atoms with Crippen molar-refractivity contribution in [2.24, 2.45) is 0 Å². The standard InChI is InChI=1S/C86H64N2/c1-53-19-35-61(36-20-53)77(62-37-21-54(2)22-38-62)51-59-31-47-67(48-32-59)87(65-43-27-57(5)28-44-65)85-73-15-7-11-69-71-13-9-17-75-81(71)84-82-72(70-12-8-16-74(85)80(70)83(84)79(69)73)14-10-18-76(82)86(75)88(66-45-29-58(6)30-46-66)68-49-33-60(34-50-68)52-78(63-39-23-55(3)24-40-63)64-41-25-56(4)26-42-64/h7-52H,1-6H3. The van der Waals surface area contributed by atoms with E-state index in [1.54, 1.807) is 0 Å². The Kier molecular flexibility index (Phi) is 12.6. The van der Waals surface area contributed by atoms with E-state index < -0.39 is 0 Å². The maximum absolute atomic E-state index is 2.53. The van der Waals surface area contributed by atoms with Crippen LogP contribution in [0, 0.1) is 41.5 Å². The van der Waals surface area contributed by atoms with Crippen LogP contribution in [0.5, 0.6) is 0 Å². The lowest BCUT2D eigenvalue weighted by Crippen LogP contribution is -2.13. The van der Waals surface area contributed by atoms with Crippen LogP contribution in [0.4, 0.5) is 34.1 Å². The number of anilines is 6. The predicted octanol–water partition coefficient (Wildman–Crippen LogP) is 24.0. The number of rotatable bonds is 12. The molecule has 2 nitrogen and oxygen atoms in total. The summed E-state index contributed by atoms with van der Waals surface area (Å²) in [5.41, 5.74) is 23.7. The summed E-state index contributed by atoms with van der Waals surface area (Å²) in [6, 6.07) is 100. The number of aryl methyl sites for hydroxylation is 6. The summed E-state index contributed by atoms with van der Waals surface area (Å²) in [5, 5.41) is 17.8. The molecule has 0 unspecified atom stereocenters. The third-order valence-electron chi connectivity index (χ3n) is 18.5. The van der Waals surface area contributed by atoms with E-state index in [0.717, 1.165) is 33.9 Å². The Morgan fingerprint density at radius 2 is 0.420 bits per heavy atom. The maximum Gasteiger partial charge on any atom is 0.0619 e. The highest BCUT2D eigenvalue weighted by Crippen LogP contribution is 2.58. The van der Waals surface area contributed by atoms with Gasteiger partial charge in [-0.3, -0.25) is 0 Å². The topological polar surface area (TPSA) is 6.48 Å². The lowest BCUT2D eigenvalue weighted by molar-refractivity contribution is 1.30. The zero-order chi connectivity index (χ0) is 59.3. The number of benzene rings is 16. The first kappa shape index (κ1) is 52.7. The van der Waals surface area contributed by atoms with Gasteiger partial charge in [0.1, 0.15) is 0 Å². The molecule has 0 bridgehead atoms. The third kappa shape index (κ3) is 8.78. The van der Waals surface area contributed by atoms with Crippen molar-refractivity contribution in [3.8, 4) is 0 Å². The first-order valence-electron chi connectivity index (χ1n) is 30.8. The SMILES string of the molecule is Cc1ccc(C(=Cc2ccc(N(c3ccc(C)cc3)c3c4cccc5c6cccc7c(N(c8ccc(C)cc8)c8ccc(C=C(c9ccc(C)cc9)c9ccc(C)cc9)cc8)c8cccc9c%10cccc3c%10c(c45)c(c76)c89)cc2)c2ccc(C)cc2)cc1. The molecule has 0 aliphatic rings. The molecule has 88 heavy (non-hydrogen) atoms. The van der Waals surface area contributed by atoms with Gasteiger partial charge < -0.3 is 9.80 Å². The van der Waals surface area contributed by atoms with Gasteiger partial charge in [0, 0.05) is 76.6 Å². The van der Waals surface area contributed by atoms with Crippen molar-refractivity contribution >= 4 is 133 Å². The van der Waals surface area contributed by atoms with Crippen molar-refractivity contribution in [3.63, 3.8) is 0 Å². The number of fused-ring (bicyclic) bond motifs is 2. The average molecular weight is 1130 g/mol. The first-order chi connectivity index (χ1) is 43.1. The molecule has 0 N–H and O–H groups in total. The molecule has 418 valence electrons. The molecule has 2 heteroatoms. The molecular formula is C86H64N2. The van der Waals surface area contributed by atoms with Gasteiger partial charge in [-0.2, -0.15) is 0 Å². The fraction of sp³-hybridized carbons (Fsp3) is 0.0698.